The molecule has 2 rings (SSSR count). The second kappa shape index (κ2) is 7.69. The molecule has 0 aliphatic carbocycles. The first kappa shape index (κ1) is 16.2. The van der Waals surface area contributed by atoms with Crippen LogP contribution in [0.1, 0.15) is 31.0 Å². The zero-order chi connectivity index (χ0) is 15.2. The van der Waals surface area contributed by atoms with Crippen LogP contribution in [0.25, 0.3) is 0 Å². The number of rotatable bonds is 6. The summed E-state index contributed by atoms with van der Waals surface area (Å²) < 4.78 is 5.76. The minimum absolute atomic E-state index is 0.269. The van der Waals surface area contributed by atoms with Gasteiger partial charge in [0.15, 0.2) is 0 Å². The van der Waals surface area contributed by atoms with Crippen molar-refractivity contribution in [3.8, 4) is 5.75 Å². The number of hydrogen-bond donors (Lipinski definition) is 1. The van der Waals surface area contributed by atoms with Crippen molar-refractivity contribution in [1.29, 1.82) is 0 Å². The SMILES string of the molecule is CCNC(C)c1ccc(OCc2ccccc2Cl)c(Cl)c1. The number of halogens is 2. The molecule has 0 aromatic heterocycles. The van der Waals surface area contributed by atoms with Gasteiger partial charge in [-0.15, -0.1) is 0 Å². The van der Waals surface area contributed by atoms with Gasteiger partial charge in [-0.3, -0.25) is 0 Å². The molecule has 0 fully saturated rings. The van der Waals surface area contributed by atoms with Crippen molar-refractivity contribution in [2.75, 3.05) is 6.54 Å². The van der Waals surface area contributed by atoms with E-state index in [0.29, 0.717) is 22.4 Å². The van der Waals surface area contributed by atoms with Gasteiger partial charge in [-0.1, -0.05) is 54.4 Å². The van der Waals surface area contributed by atoms with Crippen LogP contribution in [-0.4, -0.2) is 6.54 Å². The van der Waals surface area contributed by atoms with Gasteiger partial charge in [0.25, 0.3) is 0 Å². The molecular formula is C17H19Cl2NO. The molecule has 2 aromatic carbocycles. The molecule has 0 aliphatic rings. The van der Waals surface area contributed by atoms with Crippen LogP contribution < -0.4 is 10.1 Å². The van der Waals surface area contributed by atoms with Crippen LogP contribution in [0, 0.1) is 0 Å². The van der Waals surface area contributed by atoms with Crippen molar-refractivity contribution in [2.45, 2.75) is 26.5 Å². The number of hydrogen-bond acceptors (Lipinski definition) is 2. The zero-order valence-corrected chi connectivity index (χ0v) is 13.7. The summed E-state index contributed by atoms with van der Waals surface area (Å²) in [6.07, 6.45) is 0. The van der Waals surface area contributed by atoms with Crippen LogP contribution in [0.4, 0.5) is 0 Å². The second-order valence-corrected chi connectivity index (χ2v) is 5.66. The molecule has 0 heterocycles. The highest BCUT2D eigenvalue weighted by atomic mass is 35.5. The van der Waals surface area contributed by atoms with Gasteiger partial charge in [-0.05, 0) is 37.2 Å². The summed E-state index contributed by atoms with van der Waals surface area (Å²) in [7, 11) is 0. The van der Waals surface area contributed by atoms with E-state index in [9.17, 15) is 0 Å². The Morgan fingerprint density at radius 1 is 1.10 bits per heavy atom. The molecule has 0 aliphatic heterocycles. The number of nitrogens with one attached hydrogen (secondary N) is 1. The van der Waals surface area contributed by atoms with Crippen molar-refractivity contribution in [1.82, 2.24) is 5.32 Å². The maximum Gasteiger partial charge on any atom is 0.138 e. The van der Waals surface area contributed by atoms with E-state index in [2.05, 4.69) is 19.2 Å². The third kappa shape index (κ3) is 4.37. The molecule has 4 heteroatoms. The van der Waals surface area contributed by atoms with Crippen molar-refractivity contribution >= 4 is 23.2 Å². The van der Waals surface area contributed by atoms with E-state index >= 15 is 0 Å². The van der Waals surface area contributed by atoms with Gasteiger partial charge in [0.05, 0.1) is 5.02 Å². The molecule has 0 bridgehead atoms. The maximum atomic E-state index is 6.29. The lowest BCUT2D eigenvalue weighted by Gasteiger charge is -2.15. The first-order chi connectivity index (χ1) is 10.1. The van der Waals surface area contributed by atoms with E-state index in [1.54, 1.807) is 0 Å². The zero-order valence-electron chi connectivity index (χ0n) is 12.2. The first-order valence-corrected chi connectivity index (χ1v) is 7.76. The fourth-order valence-corrected chi connectivity index (χ4v) is 2.53. The molecule has 0 saturated heterocycles. The minimum Gasteiger partial charge on any atom is -0.487 e. The smallest absolute Gasteiger partial charge is 0.138 e. The minimum atomic E-state index is 0.269. The summed E-state index contributed by atoms with van der Waals surface area (Å²) >= 11 is 12.4. The van der Waals surface area contributed by atoms with E-state index in [0.717, 1.165) is 17.7 Å². The van der Waals surface area contributed by atoms with Crippen LogP contribution in [0.3, 0.4) is 0 Å². The Kier molecular flexibility index (Phi) is 5.92. The molecule has 1 N–H and O–H groups in total. The molecule has 21 heavy (non-hydrogen) atoms. The first-order valence-electron chi connectivity index (χ1n) is 7.01. The highest BCUT2D eigenvalue weighted by molar-refractivity contribution is 6.32. The third-order valence-corrected chi connectivity index (χ3v) is 3.97. The average molecular weight is 324 g/mol. The van der Waals surface area contributed by atoms with Crippen LogP contribution >= 0.6 is 23.2 Å². The van der Waals surface area contributed by atoms with Crippen LogP contribution in [0.2, 0.25) is 10.0 Å². The molecule has 0 amide bonds. The average Bonchev–Trinajstić information content (AvgIpc) is 2.47. The second-order valence-electron chi connectivity index (χ2n) is 4.85. The third-order valence-electron chi connectivity index (χ3n) is 3.31. The lowest BCUT2D eigenvalue weighted by molar-refractivity contribution is 0.306. The van der Waals surface area contributed by atoms with E-state index in [1.807, 2.05) is 42.5 Å². The predicted octanol–water partition coefficient (Wildman–Crippen LogP) is 5.24. The Bertz CT molecular complexity index is 601. The molecule has 2 aromatic rings. The topological polar surface area (TPSA) is 21.3 Å². The molecule has 2 nitrogen and oxygen atoms in total. The van der Waals surface area contributed by atoms with Crippen molar-refractivity contribution in [3.05, 3.63) is 63.6 Å². The molecule has 112 valence electrons. The summed E-state index contributed by atoms with van der Waals surface area (Å²) in [5.74, 6) is 0.670. The van der Waals surface area contributed by atoms with Gasteiger partial charge in [-0.2, -0.15) is 0 Å². The largest absolute Gasteiger partial charge is 0.487 e. The van der Waals surface area contributed by atoms with Crippen molar-refractivity contribution in [2.24, 2.45) is 0 Å². The van der Waals surface area contributed by atoms with Crippen LogP contribution in [0.5, 0.6) is 5.75 Å². The van der Waals surface area contributed by atoms with Gasteiger partial charge in [0, 0.05) is 16.6 Å². The van der Waals surface area contributed by atoms with Gasteiger partial charge < -0.3 is 10.1 Å². The summed E-state index contributed by atoms with van der Waals surface area (Å²) in [5, 5.41) is 4.67. The van der Waals surface area contributed by atoms with Crippen molar-refractivity contribution in [3.63, 3.8) is 0 Å². The van der Waals surface area contributed by atoms with Gasteiger partial charge in [0.2, 0.25) is 0 Å². The van der Waals surface area contributed by atoms with Crippen LogP contribution in [0.15, 0.2) is 42.5 Å². The fourth-order valence-electron chi connectivity index (χ4n) is 2.10. The highest BCUT2D eigenvalue weighted by Gasteiger charge is 2.09. The maximum absolute atomic E-state index is 6.29. The Labute approximate surface area is 136 Å². The molecule has 0 saturated carbocycles. The fraction of sp³-hybridized carbons (Fsp3) is 0.294. The van der Waals surface area contributed by atoms with Gasteiger partial charge in [0.1, 0.15) is 12.4 Å². The Morgan fingerprint density at radius 2 is 1.86 bits per heavy atom. The summed E-state index contributed by atoms with van der Waals surface area (Å²) in [6, 6.07) is 13.8. The lowest BCUT2D eigenvalue weighted by atomic mass is 10.1. The Morgan fingerprint density at radius 3 is 2.52 bits per heavy atom. The normalized spacial score (nSPS) is 12.2. The molecule has 0 spiro atoms. The molecular weight excluding hydrogens is 305 g/mol. The molecule has 0 radical (unpaired) electrons. The van der Waals surface area contributed by atoms with Gasteiger partial charge in [-0.25, -0.2) is 0 Å². The number of ether oxygens (including phenoxy) is 1. The van der Waals surface area contributed by atoms with Crippen LogP contribution in [-0.2, 0) is 6.61 Å². The van der Waals surface area contributed by atoms with E-state index in [4.69, 9.17) is 27.9 Å². The predicted molar refractivity (Wildman–Crippen MR) is 89.3 cm³/mol. The number of benzene rings is 2. The highest BCUT2D eigenvalue weighted by Crippen LogP contribution is 2.29. The standard InChI is InChI=1S/C17H19Cl2NO/c1-3-20-12(2)13-8-9-17(16(19)10-13)21-11-14-6-4-5-7-15(14)18/h4-10,12,20H,3,11H2,1-2H3. The van der Waals surface area contributed by atoms with E-state index in [-0.39, 0.29) is 6.04 Å². The monoisotopic (exact) mass is 323 g/mol. The van der Waals surface area contributed by atoms with E-state index in [1.165, 1.54) is 0 Å². The summed E-state index contributed by atoms with van der Waals surface area (Å²) in [4.78, 5) is 0. The molecule has 1 unspecified atom stereocenters. The Hall–Kier alpha value is -1.22. The quantitative estimate of drug-likeness (QED) is 0.784. The summed E-state index contributed by atoms with van der Waals surface area (Å²) in [6.45, 7) is 5.52. The Balaban J connectivity index is 2.06. The lowest BCUT2D eigenvalue weighted by Crippen LogP contribution is -2.17. The summed E-state index contributed by atoms with van der Waals surface area (Å²) in [5.41, 5.74) is 2.09. The van der Waals surface area contributed by atoms with Crippen molar-refractivity contribution < 1.29 is 4.74 Å². The molecule has 1 atom stereocenters. The van der Waals surface area contributed by atoms with E-state index < -0.39 is 0 Å². The van der Waals surface area contributed by atoms with Gasteiger partial charge >= 0.3 is 0 Å².